The van der Waals surface area contributed by atoms with Crippen LogP contribution in [0.3, 0.4) is 0 Å². The van der Waals surface area contributed by atoms with Crippen molar-refractivity contribution in [3.63, 3.8) is 0 Å². The summed E-state index contributed by atoms with van der Waals surface area (Å²) < 4.78 is 19.1. The summed E-state index contributed by atoms with van der Waals surface area (Å²) in [5, 5.41) is 13.5. The number of halogens is 1. The minimum absolute atomic E-state index is 0.0280. The van der Waals surface area contributed by atoms with Crippen LogP contribution in [-0.2, 0) is 0 Å². The van der Waals surface area contributed by atoms with Crippen LogP contribution in [-0.4, -0.2) is 24.4 Å². The lowest BCUT2D eigenvalue weighted by Crippen LogP contribution is -2.38. The average Bonchev–Trinajstić information content (AvgIpc) is 2.56. The second kappa shape index (κ2) is 6.10. The first-order valence-corrected chi connectivity index (χ1v) is 7.21. The number of hydrogen-bond acceptors (Lipinski definition) is 3. The molecule has 1 aliphatic rings. The number of ether oxygens (including phenoxy) is 1. The Morgan fingerprint density at radius 3 is 2.90 bits per heavy atom. The number of aliphatic hydroxyl groups excluding tert-OH is 1. The zero-order valence-electron chi connectivity index (χ0n) is 12.4. The first-order chi connectivity index (χ1) is 9.38. The van der Waals surface area contributed by atoms with Crippen LogP contribution in [0.5, 0.6) is 5.75 Å². The van der Waals surface area contributed by atoms with Crippen LogP contribution < -0.4 is 10.1 Å². The Kier molecular flexibility index (Phi) is 4.66. The van der Waals surface area contributed by atoms with Crippen LogP contribution >= 0.6 is 0 Å². The molecule has 0 fully saturated rings. The van der Waals surface area contributed by atoms with Gasteiger partial charge in [-0.15, -0.1) is 0 Å². The predicted octanol–water partition coefficient (Wildman–Crippen LogP) is 3.04. The van der Waals surface area contributed by atoms with Gasteiger partial charge in [-0.2, -0.15) is 0 Å². The van der Waals surface area contributed by atoms with Crippen molar-refractivity contribution in [3.05, 3.63) is 29.6 Å². The minimum Gasteiger partial charge on any atom is -0.493 e. The van der Waals surface area contributed by atoms with E-state index in [2.05, 4.69) is 5.32 Å². The van der Waals surface area contributed by atoms with Gasteiger partial charge < -0.3 is 15.2 Å². The maximum Gasteiger partial charge on any atom is 0.124 e. The van der Waals surface area contributed by atoms with Gasteiger partial charge in [0, 0.05) is 18.2 Å². The van der Waals surface area contributed by atoms with Gasteiger partial charge in [-0.25, -0.2) is 4.39 Å². The average molecular weight is 281 g/mol. The summed E-state index contributed by atoms with van der Waals surface area (Å²) in [6, 6.07) is 4.66. The molecule has 2 N–H and O–H groups in total. The number of benzene rings is 1. The Hall–Kier alpha value is -1.13. The van der Waals surface area contributed by atoms with Crippen molar-refractivity contribution < 1.29 is 14.2 Å². The molecule has 112 valence electrons. The fourth-order valence-corrected chi connectivity index (χ4v) is 2.32. The monoisotopic (exact) mass is 281 g/mol. The number of hydrogen-bond donors (Lipinski definition) is 2. The van der Waals surface area contributed by atoms with Crippen molar-refractivity contribution in [1.29, 1.82) is 0 Å². The molecule has 2 atom stereocenters. The highest BCUT2D eigenvalue weighted by atomic mass is 19.1. The van der Waals surface area contributed by atoms with Crippen LogP contribution in [0.4, 0.5) is 4.39 Å². The molecule has 0 saturated heterocycles. The fourth-order valence-electron chi connectivity index (χ4n) is 2.32. The quantitative estimate of drug-likeness (QED) is 0.895. The van der Waals surface area contributed by atoms with Crippen molar-refractivity contribution in [2.75, 3.05) is 13.2 Å². The topological polar surface area (TPSA) is 41.5 Å². The summed E-state index contributed by atoms with van der Waals surface area (Å²) in [7, 11) is 0. The van der Waals surface area contributed by atoms with E-state index in [1.54, 1.807) is 6.07 Å². The number of aliphatic hydroxyl groups is 1. The summed E-state index contributed by atoms with van der Waals surface area (Å²) in [6.07, 6.45) is 1.36. The lowest BCUT2D eigenvalue weighted by Gasteiger charge is -2.28. The van der Waals surface area contributed by atoms with Gasteiger partial charge in [0.1, 0.15) is 11.6 Å². The van der Waals surface area contributed by atoms with E-state index in [4.69, 9.17) is 4.74 Å². The number of rotatable bonds is 3. The molecule has 0 radical (unpaired) electrons. The molecular weight excluding hydrogens is 257 g/mol. The molecule has 0 spiro atoms. The van der Waals surface area contributed by atoms with Crippen LogP contribution in [0.15, 0.2) is 18.2 Å². The van der Waals surface area contributed by atoms with Crippen molar-refractivity contribution in [2.24, 2.45) is 5.41 Å². The van der Waals surface area contributed by atoms with Gasteiger partial charge >= 0.3 is 0 Å². The molecule has 1 aromatic carbocycles. The smallest absolute Gasteiger partial charge is 0.124 e. The molecule has 3 nitrogen and oxygen atoms in total. The highest BCUT2D eigenvalue weighted by Crippen LogP contribution is 2.32. The molecule has 1 heterocycles. The first kappa shape index (κ1) is 15.3. The highest BCUT2D eigenvalue weighted by molar-refractivity contribution is 5.37. The highest BCUT2D eigenvalue weighted by Gasteiger charge is 2.25. The van der Waals surface area contributed by atoms with Crippen molar-refractivity contribution in [3.8, 4) is 5.75 Å². The van der Waals surface area contributed by atoms with Crippen molar-refractivity contribution in [2.45, 2.75) is 45.8 Å². The number of fused-ring (bicyclic) bond motifs is 1. The molecule has 0 saturated carbocycles. The molecule has 4 heteroatoms. The van der Waals surface area contributed by atoms with Crippen LogP contribution in [0, 0.1) is 11.2 Å². The van der Waals surface area contributed by atoms with Gasteiger partial charge in [-0.05, 0) is 36.5 Å². The summed E-state index contributed by atoms with van der Waals surface area (Å²) in [5.41, 5.74) is 0.683. The molecule has 0 aliphatic carbocycles. The minimum atomic E-state index is -0.441. The molecule has 0 amide bonds. The Bertz CT molecular complexity index is 456. The first-order valence-electron chi connectivity index (χ1n) is 7.21. The second-order valence-electron chi connectivity index (χ2n) is 6.52. The van der Waals surface area contributed by atoms with Gasteiger partial charge in [0.05, 0.1) is 12.7 Å². The SMILES string of the molecule is CC(C)(C)C(O)CNC1CCCOc2ccc(F)cc21. The van der Waals surface area contributed by atoms with Crippen LogP contribution in [0.25, 0.3) is 0 Å². The van der Waals surface area contributed by atoms with E-state index in [0.717, 1.165) is 24.2 Å². The van der Waals surface area contributed by atoms with Gasteiger partial charge in [0.25, 0.3) is 0 Å². The largest absolute Gasteiger partial charge is 0.493 e. The van der Waals surface area contributed by atoms with Gasteiger partial charge in [0.15, 0.2) is 0 Å². The van der Waals surface area contributed by atoms with Crippen molar-refractivity contribution >= 4 is 0 Å². The summed E-state index contributed by atoms with van der Waals surface area (Å²) in [5.74, 6) is 0.490. The third-order valence-corrected chi connectivity index (χ3v) is 3.80. The molecule has 20 heavy (non-hydrogen) atoms. The van der Waals surface area contributed by atoms with Crippen LogP contribution in [0.1, 0.15) is 45.2 Å². The summed E-state index contributed by atoms with van der Waals surface area (Å²) >= 11 is 0. The number of nitrogens with one attached hydrogen (secondary N) is 1. The molecular formula is C16H24FNO2. The van der Waals surface area contributed by atoms with E-state index >= 15 is 0 Å². The van der Waals surface area contributed by atoms with Gasteiger partial charge in [-0.1, -0.05) is 20.8 Å². The van der Waals surface area contributed by atoms with E-state index in [0.29, 0.717) is 13.2 Å². The summed E-state index contributed by atoms with van der Waals surface area (Å²) in [6.45, 7) is 7.15. The second-order valence-corrected chi connectivity index (χ2v) is 6.52. The standard InChI is InChI=1S/C16H24FNO2/c1-16(2,3)15(19)10-18-13-5-4-8-20-14-7-6-11(17)9-12(13)14/h6-7,9,13,15,18-19H,4-5,8,10H2,1-3H3. The zero-order valence-corrected chi connectivity index (χ0v) is 12.4. The molecule has 1 aromatic rings. The predicted molar refractivity (Wildman–Crippen MR) is 77.3 cm³/mol. The Labute approximate surface area is 120 Å². The molecule has 0 bridgehead atoms. The Morgan fingerprint density at radius 1 is 1.45 bits per heavy atom. The maximum absolute atomic E-state index is 13.5. The van der Waals surface area contributed by atoms with E-state index in [9.17, 15) is 9.50 Å². The van der Waals surface area contributed by atoms with Crippen molar-refractivity contribution in [1.82, 2.24) is 5.32 Å². The van der Waals surface area contributed by atoms with E-state index < -0.39 is 6.10 Å². The lowest BCUT2D eigenvalue weighted by molar-refractivity contribution is 0.0601. The normalized spacial score (nSPS) is 20.8. The third kappa shape index (κ3) is 3.70. The van der Waals surface area contributed by atoms with Gasteiger partial charge in [0.2, 0.25) is 0 Å². The lowest BCUT2D eigenvalue weighted by atomic mass is 9.89. The molecule has 1 aliphatic heterocycles. The van der Waals surface area contributed by atoms with E-state index in [1.807, 2.05) is 20.8 Å². The Balaban J connectivity index is 2.10. The third-order valence-electron chi connectivity index (χ3n) is 3.80. The van der Waals surface area contributed by atoms with Crippen LogP contribution in [0.2, 0.25) is 0 Å². The molecule has 2 rings (SSSR count). The Morgan fingerprint density at radius 2 is 2.20 bits per heavy atom. The molecule has 2 unspecified atom stereocenters. The summed E-state index contributed by atoms with van der Waals surface area (Å²) in [4.78, 5) is 0. The maximum atomic E-state index is 13.5. The fraction of sp³-hybridized carbons (Fsp3) is 0.625. The zero-order chi connectivity index (χ0) is 14.8. The van der Waals surface area contributed by atoms with E-state index in [1.165, 1.54) is 12.1 Å². The molecule has 0 aromatic heterocycles. The van der Waals surface area contributed by atoms with Gasteiger partial charge in [-0.3, -0.25) is 0 Å². The van der Waals surface area contributed by atoms with E-state index in [-0.39, 0.29) is 17.3 Å².